The van der Waals surface area contributed by atoms with Crippen molar-refractivity contribution < 1.29 is 27.5 Å². The van der Waals surface area contributed by atoms with Crippen LogP contribution in [0.4, 0.5) is 18.9 Å². The van der Waals surface area contributed by atoms with Gasteiger partial charge in [-0.1, -0.05) is 25.0 Å². The highest BCUT2D eigenvalue weighted by Crippen LogP contribution is 2.34. The lowest BCUT2D eigenvalue weighted by Gasteiger charge is -2.41. The van der Waals surface area contributed by atoms with Crippen LogP contribution in [0.15, 0.2) is 48.5 Å². The van der Waals surface area contributed by atoms with Crippen molar-refractivity contribution in [2.24, 2.45) is 5.92 Å². The van der Waals surface area contributed by atoms with Gasteiger partial charge in [-0.2, -0.15) is 13.2 Å². The number of ether oxygens (including phenoxy) is 1. The Morgan fingerprint density at radius 2 is 1.60 bits per heavy atom. The fourth-order valence-electron chi connectivity index (χ4n) is 5.13. The monoisotopic (exact) mass is 489 g/mol. The Bertz CT molecular complexity index is 1030. The molecule has 0 bridgehead atoms. The molecule has 2 fully saturated rings. The molecule has 1 aliphatic heterocycles. The van der Waals surface area contributed by atoms with Gasteiger partial charge in [-0.05, 0) is 55.2 Å². The summed E-state index contributed by atoms with van der Waals surface area (Å²) in [5, 5.41) is 3.01. The van der Waals surface area contributed by atoms with Crippen LogP contribution < -0.4 is 10.1 Å². The van der Waals surface area contributed by atoms with Gasteiger partial charge in [-0.15, -0.1) is 0 Å². The van der Waals surface area contributed by atoms with Gasteiger partial charge < -0.3 is 15.0 Å². The van der Waals surface area contributed by atoms with Crippen molar-refractivity contribution in [2.75, 3.05) is 38.6 Å². The third-order valence-corrected chi connectivity index (χ3v) is 6.93. The van der Waals surface area contributed by atoms with Crippen molar-refractivity contribution in [3.05, 3.63) is 59.7 Å². The van der Waals surface area contributed by atoms with Crippen LogP contribution in [0.2, 0.25) is 0 Å². The van der Waals surface area contributed by atoms with E-state index in [0.29, 0.717) is 24.5 Å². The molecule has 35 heavy (non-hydrogen) atoms. The molecule has 1 heterocycles. The van der Waals surface area contributed by atoms with Gasteiger partial charge in [0, 0.05) is 31.9 Å². The van der Waals surface area contributed by atoms with Crippen LogP contribution in [-0.2, 0) is 11.0 Å². The topological polar surface area (TPSA) is 61.9 Å². The summed E-state index contributed by atoms with van der Waals surface area (Å²) in [5.41, 5.74) is -0.579. The van der Waals surface area contributed by atoms with Crippen molar-refractivity contribution in [3.8, 4) is 5.75 Å². The fourth-order valence-corrected chi connectivity index (χ4v) is 5.13. The van der Waals surface area contributed by atoms with E-state index in [-0.39, 0.29) is 36.5 Å². The van der Waals surface area contributed by atoms with Gasteiger partial charge in [0.15, 0.2) is 0 Å². The summed E-state index contributed by atoms with van der Waals surface area (Å²) in [6, 6.07) is 11.7. The van der Waals surface area contributed by atoms with Gasteiger partial charge in [0.1, 0.15) is 5.75 Å². The smallest absolute Gasteiger partial charge is 0.417 e. The van der Waals surface area contributed by atoms with Crippen molar-refractivity contribution in [1.29, 1.82) is 0 Å². The minimum absolute atomic E-state index is 0.0933. The van der Waals surface area contributed by atoms with Crippen molar-refractivity contribution in [1.82, 2.24) is 9.80 Å². The van der Waals surface area contributed by atoms with Crippen LogP contribution in [0.1, 0.15) is 41.6 Å². The second kappa shape index (κ2) is 10.7. The molecule has 188 valence electrons. The molecular weight excluding hydrogens is 459 g/mol. The Kier molecular flexibility index (Phi) is 7.64. The number of carbonyl (C=O) groups excluding carboxylic acids is 2. The average Bonchev–Trinajstić information content (AvgIpc) is 3.38. The van der Waals surface area contributed by atoms with Crippen LogP contribution in [0.5, 0.6) is 5.75 Å². The molecule has 2 aromatic carbocycles. The zero-order chi connectivity index (χ0) is 25.0. The van der Waals surface area contributed by atoms with Gasteiger partial charge in [0.05, 0.1) is 24.3 Å². The Balaban J connectivity index is 1.45. The highest BCUT2D eigenvalue weighted by Gasteiger charge is 2.39. The number of nitrogens with zero attached hydrogens (tertiary/aromatic N) is 2. The highest BCUT2D eigenvalue weighted by atomic mass is 19.4. The largest absolute Gasteiger partial charge is 0.497 e. The summed E-state index contributed by atoms with van der Waals surface area (Å²) in [6.45, 7) is 1.39. The van der Waals surface area contributed by atoms with E-state index >= 15 is 0 Å². The highest BCUT2D eigenvalue weighted by molar-refractivity contribution is 5.96. The number of benzene rings is 2. The maximum absolute atomic E-state index is 13.4. The Morgan fingerprint density at radius 1 is 0.971 bits per heavy atom. The summed E-state index contributed by atoms with van der Waals surface area (Å²) < 4.78 is 45.4. The number of halogens is 3. The number of piperazine rings is 1. The quantitative estimate of drug-likeness (QED) is 0.641. The number of rotatable bonds is 6. The molecule has 6 nitrogen and oxygen atoms in total. The molecule has 4 rings (SSSR count). The molecule has 0 spiro atoms. The zero-order valence-corrected chi connectivity index (χ0v) is 19.7. The van der Waals surface area contributed by atoms with E-state index in [9.17, 15) is 22.8 Å². The molecular formula is C26H30F3N3O3. The molecule has 1 saturated heterocycles. The van der Waals surface area contributed by atoms with E-state index in [1.165, 1.54) is 23.1 Å². The Labute approximate surface area is 203 Å². The van der Waals surface area contributed by atoms with Crippen LogP contribution in [0.3, 0.4) is 0 Å². The van der Waals surface area contributed by atoms with Crippen LogP contribution in [0, 0.1) is 5.92 Å². The molecule has 0 radical (unpaired) electrons. The van der Waals surface area contributed by atoms with Crippen LogP contribution in [0.25, 0.3) is 0 Å². The van der Waals surface area contributed by atoms with E-state index in [0.717, 1.165) is 31.7 Å². The van der Waals surface area contributed by atoms with Crippen molar-refractivity contribution in [3.63, 3.8) is 0 Å². The number of amides is 2. The molecule has 1 atom stereocenters. The Hall–Kier alpha value is -3.07. The molecule has 1 N–H and O–H groups in total. The van der Waals surface area contributed by atoms with Gasteiger partial charge in [0.25, 0.3) is 5.91 Å². The number of carbonyl (C=O) groups is 2. The Morgan fingerprint density at radius 3 is 2.20 bits per heavy atom. The summed E-state index contributed by atoms with van der Waals surface area (Å²) in [7, 11) is 1.58. The summed E-state index contributed by atoms with van der Waals surface area (Å²) in [5.74, 6) is 0.187. The van der Waals surface area contributed by atoms with Gasteiger partial charge in [-0.25, -0.2) is 0 Å². The second-order valence-electron chi connectivity index (χ2n) is 9.08. The number of hydrogen-bond acceptors (Lipinski definition) is 4. The first-order valence-corrected chi connectivity index (χ1v) is 11.9. The molecule has 2 aliphatic rings. The number of anilines is 1. The maximum Gasteiger partial charge on any atom is 0.417 e. The van der Waals surface area contributed by atoms with Crippen molar-refractivity contribution >= 4 is 17.5 Å². The molecule has 2 aromatic rings. The molecule has 1 unspecified atom stereocenters. The zero-order valence-electron chi connectivity index (χ0n) is 19.7. The maximum atomic E-state index is 13.4. The van der Waals surface area contributed by atoms with E-state index in [4.69, 9.17) is 4.74 Å². The predicted molar refractivity (Wildman–Crippen MR) is 126 cm³/mol. The predicted octanol–water partition coefficient (Wildman–Crippen LogP) is 4.67. The van der Waals surface area contributed by atoms with Gasteiger partial charge in [0.2, 0.25) is 5.91 Å². The average molecular weight is 490 g/mol. The van der Waals surface area contributed by atoms with E-state index in [1.54, 1.807) is 31.4 Å². The number of hydrogen-bond donors (Lipinski definition) is 1. The molecule has 9 heteroatoms. The van der Waals surface area contributed by atoms with E-state index in [2.05, 4.69) is 10.2 Å². The molecule has 2 amide bonds. The van der Waals surface area contributed by atoms with E-state index in [1.807, 2.05) is 0 Å². The third-order valence-electron chi connectivity index (χ3n) is 6.93. The van der Waals surface area contributed by atoms with Crippen LogP contribution >= 0.6 is 0 Å². The van der Waals surface area contributed by atoms with E-state index < -0.39 is 17.6 Å². The summed E-state index contributed by atoms with van der Waals surface area (Å²) in [6.07, 6.45) is -0.536. The SMILES string of the molecule is COc1ccc(NC(=O)C(C2CCCC2)N2CCN(C(=O)c3ccccc3C(F)(F)F)CC2)cc1. The first-order valence-electron chi connectivity index (χ1n) is 11.9. The first kappa shape index (κ1) is 25.0. The van der Waals surface area contributed by atoms with Crippen molar-refractivity contribution in [2.45, 2.75) is 37.9 Å². The minimum atomic E-state index is -4.60. The lowest BCUT2D eigenvalue weighted by atomic mass is 9.94. The first-order chi connectivity index (χ1) is 16.8. The molecule has 1 saturated carbocycles. The fraction of sp³-hybridized carbons (Fsp3) is 0.462. The second-order valence-corrected chi connectivity index (χ2v) is 9.08. The lowest BCUT2D eigenvalue weighted by molar-refractivity contribution is -0.138. The third kappa shape index (κ3) is 5.78. The standard InChI is InChI=1S/C26H30F3N3O3/c1-35-20-12-10-19(11-13-20)30-24(33)23(18-6-2-3-7-18)31-14-16-32(17-15-31)25(34)21-8-4-5-9-22(21)26(27,28)29/h4-5,8-13,18,23H,2-3,6-7,14-17H2,1H3,(H,30,33). The number of methoxy groups -OCH3 is 1. The number of nitrogens with one attached hydrogen (secondary N) is 1. The minimum Gasteiger partial charge on any atom is -0.497 e. The van der Waals surface area contributed by atoms with Gasteiger partial charge in [-0.3, -0.25) is 14.5 Å². The number of alkyl halides is 3. The lowest BCUT2D eigenvalue weighted by Crippen LogP contribution is -2.57. The summed E-state index contributed by atoms with van der Waals surface area (Å²) in [4.78, 5) is 29.8. The van der Waals surface area contributed by atoms with Gasteiger partial charge >= 0.3 is 6.18 Å². The van der Waals surface area contributed by atoms with Crippen LogP contribution in [-0.4, -0.2) is 60.9 Å². The summed E-state index contributed by atoms with van der Waals surface area (Å²) >= 11 is 0. The molecule has 1 aliphatic carbocycles. The molecule has 0 aromatic heterocycles. The normalized spacial score (nSPS) is 18.3.